The SMILES string of the molecule is N#Cc1ccc([C@H](Br)[C@H](Br)C(=O)NCc2ccccc2)cc1. The van der Waals surface area contributed by atoms with Gasteiger partial charge in [-0.2, -0.15) is 5.26 Å². The fourth-order valence-electron chi connectivity index (χ4n) is 1.93. The molecule has 0 aromatic heterocycles. The van der Waals surface area contributed by atoms with E-state index in [-0.39, 0.29) is 10.7 Å². The first kappa shape index (κ1) is 16.7. The van der Waals surface area contributed by atoms with Gasteiger partial charge in [0.15, 0.2) is 0 Å². The maximum Gasteiger partial charge on any atom is 0.235 e. The van der Waals surface area contributed by atoms with Crippen LogP contribution < -0.4 is 5.32 Å². The van der Waals surface area contributed by atoms with E-state index in [1.807, 2.05) is 42.5 Å². The summed E-state index contributed by atoms with van der Waals surface area (Å²) < 4.78 is 0. The van der Waals surface area contributed by atoms with E-state index in [1.54, 1.807) is 12.1 Å². The van der Waals surface area contributed by atoms with Gasteiger partial charge in [0.1, 0.15) is 4.83 Å². The molecular weight excluding hydrogens is 408 g/mol. The molecule has 1 N–H and O–H groups in total. The molecule has 0 aliphatic heterocycles. The van der Waals surface area contributed by atoms with E-state index in [2.05, 4.69) is 43.2 Å². The molecule has 0 unspecified atom stereocenters. The van der Waals surface area contributed by atoms with Gasteiger partial charge < -0.3 is 5.32 Å². The molecule has 2 rings (SSSR count). The topological polar surface area (TPSA) is 52.9 Å². The number of hydrogen-bond acceptors (Lipinski definition) is 2. The van der Waals surface area contributed by atoms with Crippen molar-refractivity contribution in [1.29, 1.82) is 5.26 Å². The lowest BCUT2D eigenvalue weighted by Crippen LogP contribution is -2.32. The molecule has 2 atom stereocenters. The second-order valence-electron chi connectivity index (χ2n) is 4.74. The Kier molecular flexibility index (Phi) is 6.17. The standard InChI is InChI=1S/C17H14Br2N2O/c18-15(14-8-6-12(10-20)7-9-14)16(19)17(22)21-11-13-4-2-1-3-5-13/h1-9,15-16H,11H2,(H,21,22)/t15-,16-/m0/s1. The highest BCUT2D eigenvalue weighted by atomic mass is 79.9. The average molecular weight is 422 g/mol. The normalized spacial score (nSPS) is 13.0. The van der Waals surface area contributed by atoms with Crippen LogP contribution in [0.4, 0.5) is 0 Å². The predicted octanol–water partition coefficient (Wildman–Crippen LogP) is 4.07. The molecule has 112 valence electrons. The average Bonchev–Trinajstić information content (AvgIpc) is 2.59. The van der Waals surface area contributed by atoms with Gasteiger partial charge in [-0.1, -0.05) is 74.3 Å². The monoisotopic (exact) mass is 420 g/mol. The molecule has 22 heavy (non-hydrogen) atoms. The van der Waals surface area contributed by atoms with Crippen molar-refractivity contribution in [2.75, 3.05) is 0 Å². The number of amides is 1. The Bertz CT molecular complexity index is 665. The molecule has 0 saturated carbocycles. The number of nitrogens with one attached hydrogen (secondary N) is 1. The largest absolute Gasteiger partial charge is 0.351 e. The summed E-state index contributed by atoms with van der Waals surface area (Å²) in [6, 6.07) is 19.0. The van der Waals surface area contributed by atoms with Gasteiger partial charge in [-0.15, -0.1) is 0 Å². The Labute approximate surface area is 146 Å². The maximum absolute atomic E-state index is 12.2. The van der Waals surface area contributed by atoms with E-state index >= 15 is 0 Å². The summed E-state index contributed by atoms with van der Waals surface area (Å²) in [7, 11) is 0. The molecule has 1 amide bonds. The van der Waals surface area contributed by atoms with Crippen molar-refractivity contribution in [3.63, 3.8) is 0 Å². The Morgan fingerprint density at radius 1 is 1.09 bits per heavy atom. The lowest BCUT2D eigenvalue weighted by atomic mass is 10.1. The molecule has 0 radical (unpaired) electrons. The third-order valence-corrected chi connectivity index (χ3v) is 5.89. The number of alkyl halides is 2. The first-order valence-corrected chi connectivity index (χ1v) is 8.55. The zero-order valence-electron chi connectivity index (χ0n) is 11.7. The Hall–Kier alpha value is -1.64. The molecule has 0 spiro atoms. The van der Waals surface area contributed by atoms with Gasteiger partial charge in [0.2, 0.25) is 5.91 Å². The highest BCUT2D eigenvalue weighted by molar-refractivity contribution is 9.12. The number of hydrogen-bond donors (Lipinski definition) is 1. The molecule has 0 aliphatic carbocycles. The van der Waals surface area contributed by atoms with Gasteiger partial charge in [-0.05, 0) is 23.3 Å². The quantitative estimate of drug-likeness (QED) is 0.739. The first-order chi connectivity index (χ1) is 10.6. The smallest absolute Gasteiger partial charge is 0.235 e. The summed E-state index contributed by atoms with van der Waals surface area (Å²) in [5, 5.41) is 11.7. The zero-order chi connectivity index (χ0) is 15.9. The van der Waals surface area contributed by atoms with Gasteiger partial charge in [0.25, 0.3) is 0 Å². The minimum absolute atomic E-state index is 0.0879. The van der Waals surface area contributed by atoms with E-state index < -0.39 is 4.83 Å². The van der Waals surface area contributed by atoms with E-state index in [1.165, 1.54) is 0 Å². The van der Waals surface area contributed by atoms with Crippen LogP contribution in [-0.4, -0.2) is 10.7 Å². The minimum Gasteiger partial charge on any atom is -0.351 e. The lowest BCUT2D eigenvalue weighted by molar-refractivity contribution is -0.120. The second kappa shape index (κ2) is 8.11. The fourth-order valence-corrected chi connectivity index (χ4v) is 2.94. The third-order valence-electron chi connectivity index (χ3n) is 3.18. The minimum atomic E-state index is -0.399. The molecule has 2 aromatic carbocycles. The molecule has 5 heteroatoms. The van der Waals surface area contributed by atoms with Crippen molar-refractivity contribution in [1.82, 2.24) is 5.32 Å². The van der Waals surface area contributed by atoms with E-state index in [9.17, 15) is 4.79 Å². The van der Waals surface area contributed by atoms with Crippen LogP contribution in [0.25, 0.3) is 0 Å². The van der Waals surface area contributed by atoms with Crippen molar-refractivity contribution < 1.29 is 4.79 Å². The van der Waals surface area contributed by atoms with Crippen LogP contribution in [0.1, 0.15) is 21.5 Å². The molecule has 2 aromatic rings. The van der Waals surface area contributed by atoms with Gasteiger partial charge >= 0.3 is 0 Å². The number of carbonyl (C=O) groups is 1. The van der Waals surface area contributed by atoms with Crippen molar-refractivity contribution in [2.45, 2.75) is 16.2 Å². The molecule has 0 bridgehead atoms. The summed E-state index contributed by atoms with van der Waals surface area (Å²) in [5.41, 5.74) is 2.60. The van der Waals surface area contributed by atoms with Crippen LogP contribution in [0, 0.1) is 11.3 Å². The van der Waals surface area contributed by atoms with Crippen LogP contribution in [0.15, 0.2) is 54.6 Å². The van der Waals surface area contributed by atoms with Crippen LogP contribution in [0.5, 0.6) is 0 Å². The molecule has 0 heterocycles. The van der Waals surface area contributed by atoms with E-state index in [4.69, 9.17) is 5.26 Å². The summed E-state index contributed by atoms with van der Waals surface area (Å²) in [6.45, 7) is 0.495. The van der Waals surface area contributed by atoms with Crippen LogP contribution in [0.3, 0.4) is 0 Å². The van der Waals surface area contributed by atoms with Crippen molar-refractivity contribution in [3.05, 3.63) is 71.3 Å². The molecule has 0 fully saturated rings. The number of benzene rings is 2. The number of carbonyl (C=O) groups excluding carboxylic acids is 1. The number of halogens is 2. The third kappa shape index (κ3) is 4.43. The number of rotatable bonds is 5. The Morgan fingerprint density at radius 2 is 1.73 bits per heavy atom. The highest BCUT2D eigenvalue weighted by Crippen LogP contribution is 2.31. The maximum atomic E-state index is 12.2. The van der Waals surface area contributed by atoms with Gasteiger partial charge in [0, 0.05) is 6.54 Å². The Morgan fingerprint density at radius 3 is 2.32 bits per heavy atom. The number of nitriles is 1. The van der Waals surface area contributed by atoms with Gasteiger partial charge in [0.05, 0.1) is 16.5 Å². The van der Waals surface area contributed by atoms with E-state index in [0.717, 1.165) is 11.1 Å². The van der Waals surface area contributed by atoms with Crippen molar-refractivity contribution in [2.24, 2.45) is 0 Å². The van der Waals surface area contributed by atoms with E-state index in [0.29, 0.717) is 12.1 Å². The van der Waals surface area contributed by atoms with Gasteiger partial charge in [-0.3, -0.25) is 4.79 Å². The molecule has 0 saturated heterocycles. The molecule has 0 aliphatic rings. The zero-order valence-corrected chi connectivity index (χ0v) is 14.8. The molecular formula is C17H14Br2N2O. The predicted molar refractivity (Wildman–Crippen MR) is 93.8 cm³/mol. The Balaban J connectivity index is 1.95. The summed E-state index contributed by atoms with van der Waals surface area (Å²) in [5.74, 6) is -0.0879. The van der Waals surface area contributed by atoms with Crippen molar-refractivity contribution in [3.8, 4) is 6.07 Å². The summed E-state index contributed by atoms with van der Waals surface area (Å²) in [4.78, 5) is 11.6. The summed E-state index contributed by atoms with van der Waals surface area (Å²) in [6.07, 6.45) is 0. The first-order valence-electron chi connectivity index (χ1n) is 6.71. The van der Waals surface area contributed by atoms with Crippen LogP contribution in [0.2, 0.25) is 0 Å². The fraction of sp³-hybridized carbons (Fsp3) is 0.176. The molecule has 3 nitrogen and oxygen atoms in total. The van der Waals surface area contributed by atoms with Crippen LogP contribution >= 0.6 is 31.9 Å². The second-order valence-corrected chi connectivity index (χ2v) is 6.71. The van der Waals surface area contributed by atoms with Crippen molar-refractivity contribution >= 4 is 37.8 Å². The lowest BCUT2D eigenvalue weighted by Gasteiger charge is -2.17. The number of nitrogens with zero attached hydrogens (tertiary/aromatic N) is 1. The van der Waals surface area contributed by atoms with Gasteiger partial charge in [-0.25, -0.2) is 0 Å². The van der Waals surface area contributed by atoms with Crippen LogP contribution in [-0.2, 0) is 11.3 Å². The highest BCUT2D eigenvalue weighted by Gasteiger charge is 2.24. The summed E-state index contributed by atoms with van der Waals surface area (Å²) >= 11 is 6.96.